The first-order valence-corrected chi connectivity index (χ1v) is 8.97. The summed E-state index contributed by atoms with van der Waals surface area (Å²) in [6.45, 7) is 10.4. The lowest BCUT2D eigenvalue weighted by Crippen LogP contribution is -2.57. The molecule has 3 rings (SSSR count). The summed E-state index contributed by atoms with van der Waals surface area (Å²) in [5.41, 5.74) is 9.64. The van der Waals surface area contributed by atoms with E-state index < -0.39 is 5.60 Å². The second-order valence-electron chi connectivity index (χ2n) is 7.80. The van der Waals surface area contributed by atoms with Crippen LogP contribution in [0.25, 0.3) is 11.1 Å². The Morgan fingerprint density at radius 3 is 2.41 bits per heavy atom. The number of nitrogens with zero attached hydrogens (tertiary/aromatic N) is 3. The van der Waals surface area contributed by atoms with Gasteiger partial charge in [0.1, 0.15) is 23.8 Å². The maximum Gasteiger partial charge on any atom is 0.410 e. The number of amides is 1. The molecule has 1 saturated heterocycles. The first kappa shape index (κ1) is 18.9. The third-order valence-electron chi connectivity index (χ3n) is 4.29. The predicted octanol–water partition coefficient (Wildman–Crippen LogP) is 3.34. The molecule has 2 N–H and O–H groups in total. The molecule has 0 radical (unpaired) electrons. The fraction of sp³-hybridized carbons (Fsp3) is 0.450. The van der Waals surface area contributed by atoms with Gasteiger partial charge in [-0.05, 0) is 52.8 Å². The molecule has 1 aromatic carbocycles. The molecule has 7 heteroatoms. The second kappa shape index (κ2) is 7.06. The van der Waals surface area contributed by atoms with Gasteiger partial charge in [0.15, 0.2) is 0 Å². The molecule has 1 fully saturated rings. The van der Waals surface area contributed by atoms with E-state index in [-0.39, 0.29) is 12.2 Å². The highest BCUT2D eigenvalue weighted by molar-refractivity contribution is 5.77. The molecule has 0 atom stereocenters. The minimum absolute atomic E-state index is 0.0925. The van der Waals surface area contributed by atoms with Crippen LogP contribution in [-0.2, 0) is 4.74 Å². The van der Waals surface area contributed by atoms with Crippen molar-refractivity contribution in [2.24, 2.45) is 0 Å². The molecule has 2 aromatic rings. The zero-order valence-corrected chi connectivity index (χ0v) is 16.4. The molecule has 0 unspecified atom stereocenters. The minimum Gasteiger partial charge on any atom is -0.486 e. The van der Waals surface area contributed by atoms with Crippen LogP contribution in [0.5, 0.6) is 5.75 Å². The highest BCUT2D eigenvalue weighted by Crippen LogP contribution is 2.36. The van der Waals surface area contributed by atoms with Crippen molar-refractivity contribution in [3.8, 4) is 16.9 Å². The van der Waals surface area contributed by atoms with Crippen molar-refractivity contribution in [3.05, 3.63) is 35.9 Å². The van der Waals surface area contributed by atoms with Crippen molar-refractivity contribution in [2.45, 2.75) is 46.3 Å². The van der Waals surface area contributed by atoms with Crippen LogP contribution in [0.4, 0.5) is 10.5 Å². The van der Waals surface area contributed by atoms with Crippen molar-refractivity contribution in [1.82, 2.24) is 14.9 Å². The number of rotatable bonds is 3. The van der Waals surface area contributed by atoms with Gasteiger partial charge in [-0.2, -0.15) is 0 Å². The van der Waals surface area contributed by atoms with Gasteiger partial charge in [0.2, 0.25) is 0 Å². The van der Waals surface area contributed by atoms with Gasteiger partial charge in [-0.3, -0.25) is 0 Å². The Hall–Kier alpha value is -2.83. The normalized spacial score (nSPS) is 14.6. The average molecular weight is 370 g/mol. The van der Waals surface area contributed by atoms with Gasteiger partial charge in [-0.25, -0.2) is 14.8 Å². The third kappa shape index (κ3) is 4.30. The Morgan fingerprint density at radius 1 is 1.19 bits per heavy atom. The molecule has 1 aliphatic heterocycles. The number of carbonyl (C=O) groups excluding carboxylic acids is 1. The predicted molar refractivity (Wildman–Crippen MR) is 104 cm³/mol. The quantitative estimate of drug-likeness (QED) is 0.833. The molecule has 1 aromatic heterocycles. The summed E-state index contributed by atoms with van der Waals surface area (Å²) in [5.74, 6) is 0.707. The largest absolute Gasteiger partial charge is 0.486 e. The Balaban J connectivity index is 1.75. The summed E-state index contributed by atoms with van der Waals surface area (Å²) in [7, 11) is 0. The van der Waals surface area contributed by atoms with Crippen molar-refractivity contribution in [2.75, 3.05) is 18.8 Å². The summed E-state index contributed by atoms with van der Waals surface area (Å²) in [4.78, 5) is 22.3. The number of likely N-dealkylation sites (tertiary alicyclic amines) is 1. The fourth-order valence-electron chi connectivity index (χ4n) is 3.00. The van der Waals surface area contributed by atoms with Gasteiger partial charge in [0.05, 0.1) is 13.1 Å². The van der Waals surface area contributed by atoms with Crippen LogP contribution in [-0.4, -0.2) is 45.8 Å². The molecular formula is C20H26N4O3. The lowest BCUT2D eigenvalue weighted by Gasteiger charge is -2.39. The first-order valence-electron chi connectivity index (χ1n) is 8.97. The van der Waals surface area contributed by atoms with Crippen molar-refractivity contribution < 1.29 is 14.3 Å². The Kier molecular flexibility index (Phi) is 4.95. The summed E-state index contributed by atoms with van der Waals surface area (Å²) < 4.78 is 11.5. The van der Waals surface area contributed by atoms with E-state index in [1.165, 1.54) is 0 Å². The summed E-state index contributed by atoms with van der Waals surface area (Å²) in [6, 6.07) is 5.53. The lowest BCUT2D eigenvalue weighted by atomic mass is 10.0. The maximum atomic E-state index is 12.1. The maximum absolute atomic E-state index is 12.1. The summed E-state index contributed by atoms with van der Waals surface area (Å²) >= 11 is 0. The van der Waals surface area contributed by atoms with Gasteiger partial charge < -0.3 is 20.1 Å². The molecule has 0 saturated carbocycles. The van der Waals surface area contributed by atoms with Crippen molar-refractivity contribution >= 4 is 11.8 Å². The molecule has 1 aliphatic rings. The van der Waals surface area contributed by atoms with E-state index in [1.807, 2.05) is 46.8 Å². The summed E-state index contributed by atoms with van der Waals surface area (Å²) in [5, 5.41) is 0. The van der Waals surface area contributed by atoms with Crippen molar-refractivity contribution in [1.29, 1.82) is 0 Å². The van der Waals surface area contributed by atoms with Crippen LogP contribution in [0.3, 0.4) is 0 Å². The standard InChI is InChI=1S/C20H26N4O3/c1-12-18(13(2)23-11-22-12)16-8-14(21)6-7-17(16)26-15-9-24(10-15)19(25)27-20(3,4)5/h6-8,11,15H,9-10,21H2,1-5H3. The van der Waals surface area contributed by atoms with Gasteiger partial charge in [0.25, 0.3) is 0 Å². The van der Waals surface area contributed by atoms with E-state index in [4.69, 9.17) is 15.2 Å². The van der Waals surface area contributed by atoms with Crippen LogP contribution in [0, 0.1) is 13.8 Å². The Morgan fingerprint density at radius 2 is 1.81 bits per heavy atom. The fourth-order valence-corrected chi connectivity index (χ4v) is 3.00. The van der Waals surface area contributed by atoms with E-state index in [9.17, 15) is 4.79 Å². The van der Waals surface area contributed by atoms with Gasteiger partial charge >= 0.3 is 6.09 Å². The molecule has 0 aliphatic carbocycles. The van der Waals surface area contributed by atoms with Gasteiger partial charge in [-0.1, -0.05) is 0 Å². The number of benzene rings is 1. The number of aromatic nitrogens is 2. The second-order valence-corrected chi connectivity index (χ2v) is 7.80. The highest BCUT2D eigenvalue weighted by atomic mass is 16.6. The third-order valence-corrected chi connectivity index (χ3v) is 4.29. The average Bonchev–Trinajstić information content (AvgIpc) is 2.50. The van der Waals surface area contributed by atoms with Gasteiger partial charge in [-0.15, -0.1) is 0 Å². The van der Waals surface area contributed by atoms with Crippen molar-refractivity contribution in [3.63, 3.8) is 0 Å². The van der Waals surface area contributed by atoms with E-state index >= 15 is 0 Å². The van der Waals surface area contributed by atoms with Crippen LogP contribution in [0.1, 0.15) is 32.2 Å². The monoisotopic (exact) mass is 370 g/mol. The molecule has 27 heavy (non-hydrogen) atoms. The molecule has 1 amide bonds. The molecule has 7 nitrogen and oxygen atoms in total. The van der Waals surface area contributed by atoms with Crippen LogP contribution >= 0.6 is 0 Å². The molecule has 2 heterocycles. The van der Waals surface area contributed by atoms with E-state index in [0.717, 1.165) is 22.5 Å². The smallest absolute Gasteiger partial charge is 0.410 e. The van der Waals surface area contributed by atoms with E-state index in [2.05, 4.69) is 9.97 Å². The van der Waals surface area contributed by atoms with Crippen LogP contribution in [0.2, 0.25) is 0 Å². The Bertz CT molecular complexity index is 835. The number of hydrogen-bond donors (Lipinski definition) is 1. The van der Waals surface area contributed by atoms with Crippen LogP contribution in [0.15, 0.2) is 24.5 Å². The summed E-state index contributed by atoms with van der Waals surface area (Å²) in [6.07, 6.45) is 1.14. The zero-order chi connectivity index (χ0) is 19.8. The topological polar surface area (TPSA) is 90.6 Å². The minimum atomic E-state index is -0.504. The molecular weight excluding hydrogens is 344 g/mol. The van der Waals surface area contributed by atoms with E-state index in [1.54, 1.807) is 17.3 Å². The number of carbonyl (C=O) groups is 1. The number of nitrogens with two attached hydrogens (primary N) is 1. The lowest BCUT2D eigenvalue weighted by molar-refractivity contribution is -0.0219. The number of anilines is 1. The molecule has 0 spiro atoms. The number of ether oxygens (including phenoxy) is 2. The number of nitrogen functional groups attached to an aromatic ring is 1. The number of aryl methyl sites for hydroxylation is 2. The van der Waals surface area contributed by atoms with Gasteiger partial charge in [0, 0.05) is 28.2 Å². The Labute approximate surface area is 159 Å². The van der Waals surface area contributed by atoms with E-state index in [0.29, 0.717) is 24.5 Å². The highest BCUT2D eigenvalue weighted by Gasteiger charge is 2.35. The van der Waals surface area contributed by atoms with Crippen LogP contribution < -0.4 is 10.5 Å². The number of hydrogen-bond acceptors (Lipinski definition) is 6. The molecule has 144 valence electrons. The first-order chi connectivity index (χ1) is 12.6. The SMILES string of the molecule is Cc1ncnc(C)c1-c1cc(N)ccc1OC1CN(C(=O)OC(C)(C)C)C1. The zero-order valence-electron chi connectivity index (χ0n) is 16.4. The molecule has 0 bridgehead atoms.